The zero-order valence-electron chi connectivity index (χ0n) is 9.03. The fraction of sp³-hybridized carbons (Fsp3) is 0.545. The summed E-state index contributed by atoms with van der Waals surface area (Å²) in [5.74, 6) is 0.0854. The Morgan fingerprint density at radius 2 is 2.53 bits per heavy atom. The number of ether oxygens (including phenoxy) is 1. The number of fused-ring (bicyclic) bond motifs is 1. The zero-order chi connectivity index (χ0) is 10.8. The number of carbonyl (C=O) groups is 1. The van der Waals surface area contributed by atoms with Gasteiger partial charge in [-0.05, 0) is 23.4 Å². The molecular weight excluding hydrogens is 210 g/mol. The molecule has 1 aliphatic heterocycles. The minimum atomic E-state index is 0.0719. The van der Waals surface area contributed by atoms with Gasteiger partial charge in [-0.1, -0.05) is 0 Å². The molecule has 0 bridgehead atoms. The van der Waals surface area contributed by atoms with Crippen LogP contribution >= 0.6 is 11.3 Å². The molecule has 0 saturated carbocycles. The second-order valence-electron chi connectivity index (χ2n) is 3.82. The number of carbonyl (C=O) groups excluding carboxylic acids is 1. The third kappa shape index (κ3) is 2.21. The molecule has 0 unspecified atom stereocenters. The molecule has 1 atom stereocenters. The van der Waals surface area contributed by atoms with Gasteiger partial charge in [-0.15, -0.1) is 11.3 Å². The number of hydrogen-bond acceptors (Lipinski definition) is 3. The molecule has 0 radical (unpaired) electrons. The first-order valence-electron chi connectivity index (χ1n) is 5.08. The Balaban J connectivity index is 2.09. The number of likely N-dealkylation sites (N-methyl/N-ethyl adjacent to an activating group) is 1. The summed E-state index contributed by atoms with van der Waals surface area (Å²) in [4.78, 5) is 14.1. The standard InChI is InChI=1S/C11H15NO2S/c1-8(13)12(2)7-10-11-9(3-5-14-10)4-6-15-11/h4,6,10H,3,5,7H2,1-2H3/t10-/m0/s1. The Kier molecular flexibility index (Phi) is 3.07. The minimum absolute atomic E-state index is 0.0719. The van der Waals surface area contributed by atoms with Crippen LogP contribution in [0.3, 0.4) is 0 Å². The first kappa shape index (κ1) is 10.6. The number of rotatable bonds is 2. The van der Waals surface area contributed by atoms with E-state index in [9.17, 15) is 4.79 Å². The van der Waals surface area contributed by atoms with Gasteiger partial charge in [0, 0.05) is 18.8 Å². The fourth-order valence-electron chi connectivity index (χ4n) is 1.74. The maximum Gasteiger partial charge on any atom is 0.219 e. The van der Waals surface area contributed by atoms with Crippen molar-refractivity contribution in [3.63, 3.8) is 0 Å². The van der Waals surface area contributed by atoms with Gasteiger partial charge in [0.15, 0.2) is 0 Å². The van der Waals surface area contributed by atoms with Crippen molar-refractivity contribution in [3.8, 4) is 0 Å². The van der Waals surface area contributed by atoms with Crippen molar-refractivity contribution in [2.45, 2.75) is 19.4 Å². The third-order valence-electron chi connectivity index (χ3n) is 2.74. The van der Waals surface area contributed by atoms with Gasteiger partial charge in [-0.25, -0.2) is 0 Å². The van der Waals surface area contributed by atoms with Crippen LogP contribution in [0.2, 0.25) is 0 Å². The Hall–Kier alpha value is -0.870. The molecule has 0 spiro atoms. The van der Waals surface area contributed by atoms with E-state index < -0.39 is 0 Å². The van der Waals surface area contributed by atoms with Crippen LogP contribution in [0.1, 0.15) is 23.5 Å². The molecular formula is C11H15NO2S. The lowest BCUT2D eigenvalue weighted by atomic mass is 10.1. The second kappa shape index (κ2) is 4.33. The zero-order valence-corrected chi connectivity index (χ0v) is 9.84. The molecule has 82 valence electrons. The van der Waals surface area contributed by atoms with Crippen molar-refractivity contribution in [3.05, 3.63) is 21.9 Å². The molecule has 2 rings (SSSR count). The van der Waals surface area contributed by atoms with Gasteiger partial charge in [0.1, 0.15) is 6.10 Å². The molecule has 0 aromatic carbocycles. The van der Waals surface area contributed by atoms with E-state index in [0.717, 1.165) is 13.0 Å². The molecule has 0 saturated heterocycles. The van der Waals surface area contributed by atoms with E-state index in [1.807, 2.05) is 7.05 Å². The molecule has 0 aliphatic carbocycles. The highest BCUT2D eigenvalue weighted by molar-refractivity contribution is 7.10. The predicted molar refractivity (Wildman–Crippen MR) is 60.0 cm³/mol. The average Bonchev–Trinajstić information content (AvgIpc) is 2.66. The molecule has 1 aliphatic rings. The van der Waals surface area contributed by atoms with Gasteiger partial charge < -0.3 is 9.64 Å². The first-order chi connectivity index (χ1) is 7.18. The highest BCUT2D eigenvalue weighted by Gasteiger charge is 2.23. The van der Waals surface area contributed by atoms with Gasteiger partial charge in [0.25, 0.3) is 0 Å². The molecule has 4 heteroatoms. The third-order valence-corrected chi connectivity index (χ3v) is 3.79. The summed E-state index contributed by atoms with van der Waals surface area (Å²) in [5, 5.41) is 2.10. The SMILES string of the molecule is CC(=O)N(C)C[C@@H]1OCCc2ccsc21. The van der Waals surface area contributed by atoms with Crippen LogP contribution in [-0.4, -0.2) is 31.0 Å². The highest BCUT2D eigenvalue weighted by atomic mass is 32.1. The van der Waals surface area contributed by atoms with E-state index in [0.29, 0.717) is 6.54 Å². The summed E-state index contributed by atoms with van der Waals surface area (Å²) in [6.45, 7) is 3.00. The van der Waals surface area contributed by atoms with E-state index in [-0.39, 0.29) is 12.0 Å². The summed E-state index contributed by atoms with van der Waals surface area (Å²) in [6.07, 6.45) is 1.07. The van der Waals surface area contributed by atoms with Crippen LogP contribution < -0.4 is 0 Å². The molecule has 15 heavy (non-hydrogen) atoms. The van der Waals surface area contributed by atoms with Crippen molar-refractivity contribution in [2.24, 2.45) is 0 Å². The van der Waals surface area contributed by atoms with Crippen LogP contribution in [-0.2, 0) is 16.0 Å². The smallest absolute Gasteiger partial charge is 0.219 e. The summed E-state index contributed by atoms with van der Waals surface area (Å²) in [5.41, 5.74) is 1.38. The van der Waals surface area contributed by atoms with Gasteiger partial charge in [0.05, 0.1) is 13.2 Å². The Labute approximate surface area is 93.7 Å². The lowest BCUT2D eigenvalue weighted by Crippen LogP contribution is -2.31. The van der Waals surface area contributed by atoms with Crippen molar-refractivity contribution in [1.29, 1.82) is 0 Å². The molecule has 1 aromatic rings. The lowest BCUT2D eigenvalue weighted by Gasteiger charge is -2.27. The largest absolute Gasteiger partial charge is 0.370 e. The average molecular weight is 225 g/mol. The van der Waals surface area contributed by atoms with Crippen LogP contribution in [0.25, 0.3) is 0 Å². The number of nitrogens with zero attached hydrogens (tertiary/aromatic N) is 1. The first-order valence-corrected chi connectivity index (χ1v) is 5.96. The van der Waals surface area contributed by atoms with E-state index in [1.165, 1.54) is 10.4 Å². The van der Waals surface area contributed by atoms with Gasteiger partial charge >= 0.3 is 0 Å². The molecule has 1 aromatic heterocycles. The normalized spacial score (nSPS) is 19.7. The molecule has 3 nitrogen and oxygen atoms in total. The van der Waals surface area contributed by atoms with Crippen LogP contribution in [0.5, 0.6) is 0 Å². The molecule has 2 heterocycles. The van der Waals surface area contributed by atoms with E-state index >= 15 is 0 Å². The topological polar surface area (TPSA) is 29.5 Å². The monoisotopic (exact) mass is 225 g/mol. The maximum atomic E-state index is 11.1. The lowest BCUT2D eigenvalue weighted by molar-refractivity contribution is -0.129. The van der Waals surface area contributed by atoms with Crippen molar-refractivity contribution >= 4 is 17.2 Å². The molecule has 0 fully saturated rings. The predicted octanol–water partition coefficient (Wildman–Crippen LogP) is 1.84. The van der Waals surface area contributed by atoms with Crippen molar-refractivity contribution in [2.75, 3.05) is 20.2 Å². The maximum absolute atomic E-state index is 11.1. The minimum Gasteiger partial charge on any atom is -0.370 e. The van der Waals surface area contributed by atoms with Crippen molar-refractivity contribution in [1.82, 2.24) is 4.90 Å². The Bertz CT molecular complexity index is 361. The van der Waals surface area contributed by atoms with E-state index in [4.69, 9.17) is 4.74 Å². The number of thiophene rings is 1. The summed E-state index contributed by atoms with van der Waals surface area (Å²) in [7, 11) is 1.81. The van der Waals surface area contributed by atoms with Crippen LogP contribution in [0.15, 0.2) is 11.4 Å². The fourth-order valence-corrected chi connectivity index (χ4v) is 2.73. The van der Waals surface area contributed by atoms with Gasteiger partial charge in [0.2, 0.25) is 5.91 Å². The molecule has 1 amide bonds. The highest BCUT2D eigenvalue weighted by Crippen LogP contribution is 2.31. The Morgan fingerprint density at radius 1 is 1.73 bits per heavy atom. The summed E-state index contributed by atoms with van der Waals surface area (Å²) >= 11 is 1.72. The van der Waals surface area contributed by atoms with Crippen LogP contribution in [0.4, 0.5) is 0 Å². The second-order valence-corrected chi connectivity index (χ2v) is 4.77. The number of amides is 1. The summed E-state index contributed by atoms with van der Waals surface area (Å²) < 4.78 is 5.70. The van der Waals surface area contributed by atoms with E-state index in [1.54, 1.807) is 23.2 Å². The number of hydrogen-bond donors (Lipinski definition) is 0. The van der Waals surface area contributed by atoms with E-state index in [2.05, 4.69) is 11.4 Å². The molecule has 0 N–H and O–H groups in total. The quantitative estimate of drug-likeness (QED) is 0.768. The summed E-state index contributed by atoms with van der Waals surface area (Å²) in [6, 6.07) is 2.16. The Morgan fingerprint density at radius 3 is 3.27 bits per heavy atom. The van der Waals surface area contributed by atoms with Gasteiger partial charge in [-0.2, -0.15) is 0 Å². The van der Waals surface area contributed by atoms with Gasteiger partial charge in [-0.3, -0.25) is 4.79 Å². The van der Waals surface area contributed by atoms with Crippen LogP contribution in [0, 0.1) is 0 Å². The van der Waals surface area contributed by atoms with Crippen molar-refractivity contribution < 1.29 is 9.53 Å².